The van der Waals surface area contributed by atoms with Crippen molar-refractivity contribution in [2.75, 3.05) is 37.6 Å². The van der Waals surface area contributed by atoms with E-state index in [4.69, 9.17) is 14.6 Å². The van der Waals surface area contributed by atoms with Crippen molar-refractivity contribution >= 4 is 40.4 Å². The molecule has 18 heteroatoms. The molecule has 2 N–H and O–H groups in total. The van der Waals surface area contributed by atoms with Gasteiger partial charge in [-0.25, -0.2) is 9.78 Å². The number of rotatable bonds is 12. The SMILES string of the molecule is C[C@@H]1C=C2C=C[C@@H](C)[C@@H](CC[C@@H]3C[C@H](O)CC(=O)O3)[C@@H]2[C@H](OC(=O)C(C)(C)CC(=O)O)C1.Cn1c(=O)c2c(ncn2CCN2CCN(c3ccc([N+](=O)[O-])cc3)CC2)n(C)c1=O. The molecule has 0 spiro atoms. The predicted octanol–water partition coefficient (Wildman–Crippen LogP) is 3.81. The summed E-state index contributed by atoms with van der Waals surface area (Å²) in [6.45, 7) is 12.1. The number of aliphatic carboxylic acids is 1. The number of benzene rings is 1. The highest BCUT2D eigenvalue weighted by Gasteiger charge is 2.44. The number of fused-ring (bicyclic) bond motifs is 2. The molecule has 0 amide bonds. The van der Waals surface area contributed by atoms with Gasteiger partial charge in [-0.1, -0.05) is 32.1 Å². The molecule has 0 unspecified atom stereocenters. The molecule has 7 rings (SSSR count). The van der Waals surface area contributed by atoms with Crippen molar-refractivity contribution in [3.05, 3.63) is 85.3 Å². The number of allylic oxidation sites excluding steroid dienone is 3. The molecule has 0 radical (unpaired) electrons. The number of imidazole rings is 1. The number of piperazine rings is 1. The number of aliphatic hydroxyl groups is 1. The first-order valence-corrected chi connectivity index (χ1v) is 21.4. The molecule has 0 saturated carbocycles. The lowest BCUT2D eigenvalue weighted by Crippen LogP contribution is -2.47. The number of nitro groups is 1. The Bertz CT molecular complexity index is 2320. The van der Waals surface area contributed by atoms with Gasteiger partial charge in [0.1, 0.15) is 12.2 Å². The predicted molar refractivity (Wildman–Crippen MR) is 229 cm³/mol. The van der Waals surface area contributed by atoms with Crippen LogP contribution in [0.4, 0.5) is 11.4 Å². The van der Waals surface area contributed by atoms with Crippen LogP contribution in [-0.2, 0) is 44.5 Å². The Kier molecular flexibility index (Phi) is 14.2. The number of ether oxygens (including phenoxy) is 2. The highest BCUT2D eigenvalue weighted by Crippen LogP contribution is 2.46. The molecule has 0 bridgehead atoms. The van der Waals surface area contributed by atoms with Crippen LogP contribution in [0.25, 0.3) is 11.2 Å². The maximum absolute atomic E-state index is 12.9. The Labute approximate surface area is 359 Å². The molecule has 1 aromatic carbocycles. The van der Waals surface area contributed by atoms with Gasteiger partial charge in [-0.05, 0) is 68.6 Å². The lowest BCUT2D eigenvalue weighted by molar-refractivity contribution is -0.384. The first kappa shape index (κ1) is 45.9. The Morgan fingerprint density at radius 3 is 2.34 bits per heavy atom. The molecular formula is C44H59N7O11. The lowest BCUT2D eigenvalue weighted by Gasteiger charge is -2.44. The second-order valence-electron chi connectivity index (χ2n) is 17.9. The topological polar surface area (TPSA) is 222 Å². The molecule has 4 heterocycles. The average Bonchev–Trinajstić information content (AvgIpc) is 3.65. The van der Waals surface area contributed by atoms with Crippen molar-refractivity contribution in [1.29, 1.82) is 0 Å². The number of hydrogen-bond acceptors (Lipinski definition) is 13. The number of cyclic esters (lactones) is 1. The van der Waals surface area contributed by atoms with Gasteiger partial charge in [0.05, 0.1) is 35.6 Å². The van der Waals surface area contributed by atoms with E-state index in [-0.39, 0.29) is 71.6 Å². The summed E-state index contributed by atoms with van der Waals surface area (Å²) in [5.41, 5.74) is 1.22. The zero-order chi connectivity index (χ0) is 45.0. The molecule has 3 aromatic rings. The second-order valence-corrected chi connectivity index (χ2v) is 17.9. The zero-order valence-corrected chi connectivity index (χ0v) is 36.3. The van der Waals surface area contributed by atoms with Crippen LogP contribution in [-0.4, -0.2) is 108 Å². The van der Waals surface area contributed by atoms with E-state index in [0.29, 0.717) is 37.0 Å². The minimum absolute atomic E-state index is 0.0139. The normalized spacial score (nSPS) is 25.3. The van der Waals surface area contributed by atoms with E-state index < -0.39 is 28.4 Å². The number of aliphatic hydroxyl groups excluding tert-OH is 1. The smallest absolute Gasteiger partial charge is 0.332 e. The Morgan fingerprint density at radius 2 is 1.69 bits per heavy atom. The molecule has 336 valence electrons. The minimum atomic E-state index is -1.10. The first-order chi connectivity index (χ1) is 29.3. The van der Waals surface area contributed by atoms with Crippen molar-refractivity contribution in [3.63, 3.8) is 0 Å². The number of carbonyl (C=O) groups excluding carboxylic acids is 2. The Balaban J connectivity index is 0.000000207. The van der Waals surface area contributed by atoms with Gasteiger partial charge in [0, 0.05) is 83.5 Å². The van der Waals surface area contributed by atoms with Gasteiger partial charge in [0.2, 0.25) is 0 Å². The van der Waals surface area contributed by atoms with E-state index in [9.17, 15) is 39.2 Å². The van der Waals surface area contributed by atoms with Crippen molar-refractivity contribution in [2.24, 2.45) is 43.2 Å². The third-order valence-electron chi connectivity index (χ3n) is 12.7. The number of aromatic nitrogens is 4. The zero-order valence-electron chi connectivity index (χ0n) is 36.3. The fourth-order valence-corrected chi connectivity index (χ4v) is 9.22. The maximum Gasteiger partial charge on any atom is 0.332 e. The number of aryl methyl sites for hydroxylation is 1. The number of non-ortho nitro benzene ring substituents is 1. The van der Waals surface area contributed by atoms with E-state index in [1.165, 1.54) is 23.7 Å². The van der Waals surface area contributed by atoms with Crippen molar-refractivity contribution < 1.29 is 39.0 Å². The molecule has 62 heavy (non-hydrogen) atoms. The van der Waals surface area contributed by atoms with Gasteiger partial charge in [0.15, 0.2) is 11.2 Å². The van der Waals surface area contributed by atoms with Crippen molar-refractivity contribution in [3.8, 4) is 0 Å². The highest BCUT2D eigenvalue weighted by atomic mass is 16.6. The summed E-state index contributed by atoms with van der Waals surface area (Å²) >= 11 is 0. The number of nitro benzene ring substituents is 1. The van der Waals surface area contributed by atoms with Crippen LogP contribution in [0.2, 0.25) is 0 Å². The van der Waals surface area contributed by atoms with Gasteiger partial charge in [-0.15, -0.1) is 0 Å². The highest BCUT2D eigenvalue weighted by molar-refractivity contribution is 5.82. The Hall–Kier alpha value is -5.62. The summed E-state index contributed by atoms with van der Waals surface area (Å²) in [5.74, 6) is -1.16. The van der Waals surface area contributed by atoms with E-state index in [1.54, 1.807) is 43.9 Å². The van der Waals surface area contributed by atoms with Crippen LogP contribution in [0, 0.1) is 39.2 Å². The molecule has 2 saturated heterocycles. The van der Waals surface area contributed by atoms with Gasteiger partial charge in [0.25, 0.3) is 11.2 Å². The number of nitrogens with zero attached hydrogens (tertiary/aromatic N) is 7. The van der Waals surface area contributed by atoms with Crippen LogP contribution < -0.4 is 16.1 Å². The van der Waals surface area contributed by atoms with Gasteiger partial charge >= 0.3 is 23.6 Å². The fraction of sp³-hybridized carbons (Fsp3) is 0.591. The first-order valence-electron chi connectivity index (χ1n) is 21.4. The molecule has 4 aliphatic rings. The van der Waals surface area contributed by atoms with Crippen LogP contribution in [0.3, 0.4) is 0 Å². The standard InChI is InChI=1S/C25H36O7.C19H23N7O4/c1-14-9-16-6-5-15(2)19(8-7-18-11-17(26)12-22(29)31-18)23(16)20(10-14)32-24(30)25(3,4)13-21(27)28;1-21-17-16(18(27)22(2)19(21)28)25(13-20-17)12-9-23-7-10-24(11-8-23)14-3-5-15(6-4-14)26(29)30/h5-6,9,14-15,17-20,23,26H,7-8,10-13H2,1-4H3,(H,27,28);3-6,13H,7-12H2,1-2H3/t14-,15-,17+,18-,19-,20-,23-;/m1./s1. The third-order valence-corrected chi connectivity index (χ3v) is 12.7. The fourth-order valence-electron chi connectivity index (χ4n) is 9.22. The maximum atomic E-state index is 12.9. The monoisotopic (exact) mass is 861 g/mol. The molecule has 2 aromatic heterocycles. The van der Waals surface area contributed by atoms with Gasteiger partial charge < -0.3 is 29.2 Å². The lowest BCUT2D eigenvalue weighted by atomic mass is 9.65. The van der Waals surface area contributed by atoms with Crippen molar-refractivity contribution in [1.82, 2.24) is 23.6 Å². The summed E-state index contributed by atoms with van der Waals surface area (Å²) in [7, 11) is 3.08. The number of carboxylic acids is 1. The molecule has 2 fully saturated rings. The number of carbonyl (C=O) groups is 3. The quantitative estimate of drug-likeness (QED) is 0.150. The second kappa shape index (κ2) is 19.2. The number of carboxylic acid groups (broad SMARTS) is 1. The molecule has 2 aliphatic carbocycles. The molecule has 2 aliphatic heterocycles. The largest absolute Gasteiger partial charge is 0.481 e. The molecule has 18 nitrogen and oxygen atoms in total. The van der Waals surface area contributed by atoms with Crippen LogP contribution in [0.5, 0.6) is 0 Å². The van der Waals surface area contributed by atoms with Crippen molar-refractivity contribution in [2.45, 2.75) is 91.1 Å². The van der Waals surface area contributed by atoms with Gasteiger partial charge in [-0.3, -0.25) is 43.3 Å². The summed E-state index contributed by atoms with van der Waals surface area (Å²) in [4.78, 5) is 79.5. The molecule has 7 atom stereocenters. The van der Waals surface area contributed by atoms with Crippen LogP contribution in [0.1, 0.15) is 66.2 Å². The van der Waals surface area contributed by atoms with Gasteiger partial charge in [-0.2, -0.15) is 0 Å². The summed E-state index contributed by atoms with van der Waals surface area (Å²) in [6.07, 6.45) is 9.21. The van der Waals surface area contributed by atoms with E-state index in [2.05, 4.69) is 46.9 Å². The number of esters is 2. The minimum Gasteiger partial charge on any atom is -0.481 e. The summed E-state index contributed by atoms with van der Waals surface area (Å²) in [5, 5.41) is 29.9. The molecular weight excluding hydrogens is 803 g/mol. The van der Waals surface area contributed by atoms with E-state index in [1.807, 2.05) is 0 Å². The number of hydrogen-bond donors (Lipinski definition) is 2. The Morgan fingerprint density at radius 1 is 1.00 bits per heavy atom. The summed E-state index contributed by atoms with van der Waals surface area (Å²) < 4.78 is 15.7. The number of anilines is 1. The average molecular weight is 862 g/mol. The van der Waals surface area contributed by atoms with Crippen LogP contribution >= 0.6 is 0 Å². The van der Waals surface area contributed by atoms with E-state index in [0.717, 1.165) is 55.0 Å². The van der Waals surface area contributed by atoms with Crippen LogP contribution in [0.15, 0.2) is 64.0 Å². The third kappa shape index (κ3) is 10.5. The summed E-state index contributed by atoms with van der Waals surface area (Å²) in [6, 6.07) is 6.62. The van der Waals surface area contributed by atoms with E-state index >= 15 is 0 Å².